The zero-order chi connectivity index (χ0) is 31.9. The Morgan fingerprint density at radius 1 is 0.783 bits per heavy atom. The van der Waals surface area contributed by atoms with Crippen LogP contribution in [0.3, 0.4) is 0 Å². The summed E-state index contributed by atoms with van der Waals surface area (Å²) in [5.41, 5.74) is 3.54. The topological polar surface area (TPSA) is 114 Å². The summed E-state index contributed by atoms with van der Waals surface area (Å²) in [6, 6.07) is 30.8. The number of fused-ring (bicyclic) bond motifs is 1. The summed E-state index contributed by atoms with van der Waals surface area (Å²) in [5.74, 6) is 0.875. The molecule has 4 aromatic rings. The van der Waals surface area contributed by atoms with Gasteiger partial charge in [-0.25, -0.2) is 13.1 Å². The van der Waals surface area contributed by atoms with Crippen LogP contribution in [0.1, 0.15) is 41.5 Å². The SMILES string of the molecule is O=C(NCc1ccc2c(c1)OCO2)C(Cc1ccccc1)N(Cc1ccccc1)C(=O)CCc1ccc(S(=O)(=O)NC2CC2)cc1. The maximum absolute atomic E-state index is 14.0. The fraction of sp³-hybridized carbons (Fsp3) is 0.278. The predicted octanol–water partition coefficient (Wildman–Crippen LogP) is 4.75. The second-order valence-corrected chi connectivity index (χ2v) is 13.4. The Hall–Kier alpha value is -4.67. The lowest BCUT2D eigenvalue weighted by Crippen LogP contribution is -2.50. The fourth-order valence-electron chi connectivity index (χ4n) is 5.41. The summed E-state index contributed by atoms with van der Waals surface area (Å²) < 4.78 is 38.8. The first-order valence-corrected chi connectivity index (χ1v) is 17.0. The van der Waals surface area contributed by atoms with Gasteiger partial charge < -0.3 is 19.7 Å². The minimum Gasteiger partial charge on any atom is -0.454 e. The predicted molar refractivity (Wildman–Crippen MR) is 173 cm³/mol. The summed E-state index contributed by atoms with van der Waals surface area (Å²) >= 11 is 0. The van der Waals surface area contributed by atoms with E-state index in [2.05, 4.69) is 10.0 Å². The van der Waals surface area contributed by atoms with Crippen LogP contribution in [0.5, 0.6) is 11.5 Å². The zero-order valence-corrected chi connectivity index (χ0v) is 26.2. The van der Waals surface area contributed by atoms with Gasteiger partial charge in [0, 0.05) is 32.0 Å². The molecule has 0 spiro atoms. The van der Waals surface area contributed by atoms with Crippen LogP contribution in [-0.4, -0.2) is 44.0 Å². The number of carbonyl (C=O) groups excluding carboxylic acids is 2. The average Bonchev–Trinajstić information content (AvgIpc) is 3.76. The Labute approximate surface area is 269 Å². The maximum atomic E-state index is 14.0. The van der Waals surface area contributed by atoms with Crippen LogP contribution in [-0.2, 0) is 45.5 Å². The third-order valence-corrected chi connectivity index (χ3v) is 9.67. The molecule has 4 aromatic carbocycles. The van der Waals surface area contributed by atoms with Gasteiger partial charge in [0.1, 0.15) is 6.04 Å². The first kappa shape index (κ1) is 31.3. The number of hydrogen-bond acceptors (Lipinski definition) is 6. The van der Waals surface area contributed by atoms with Crippen LogP contribution in [0, 0.1) is 0 Å². The van der Waals surface area contributed by atoms with Gasteiger partial charge >= 0.3 is 0 Å². The number of ether oxygens (including phenoxy) is 2. The van der Waals surface area contributed by atoms with Crippen LogP contribution in [0.2, 0.25) is 0 Å². The summed E-state index contributed by atoms with van der Waals surface area (Å²) in [6.07, 6.45) is 2.62. The highest BCUT2D eigenvalue weighted by atomic mass is 32.2. The Morgan fingerprint density at radius 3 is 2.13 bits per heavy atom. The molecule has 1 atom stereocenters. The van der Waals surface area contributed by atoms with Crippen molar-refractivity contribution in [2.45, 2.75) is 62.2 Å². The van der Waals surface area contributed by atoms with Gasteiger partial charge in [-0.15, -0.1) is 0 Å². The molecule has 1 fully saturated rings. The highest BCUT2D eigenvalue weighted by Crippen LogP contribution is 2.32. The van der Waals surface area contributed by atoms with Gasteiger partial charge in [0.25, 0.3) is 0 Å². The van der Waals surface area contributed by atoms with Crippen LogP contribution in [0.15, 0.2) is 108 Å². The number of nitrogens with one attached hydrogen (secondary N) is 2. The Kier molecular flexibility index (Phi) is 9.65. The molecule has 46 heavy (non-hydrogen) atoms. The first-order chi connectivity index (χ1) is 22.3. The van der Waals surface area contributed by atoms with Crippen LogP contribution < -0.4 is 19.5 Å². The lowest BCUT2D eigenvalue weighted by atomic mass is 10.0. The minimum absolute atomic E-state index is 0.0240. The van der Waals surface area contributed by atoms with Crippen molar-refractivity contribution in [1.29, 1.82) is 0 Å². The van der Waals surface area contributed by atoms with Crippen molar-refractivity contribution in [2.24, 2.45) is 0 Å². The number of hydrogen-bond donors (Lipinski definition) is 2. The van der Waals surface area contributed by atoms with Crippen molar-refractivity contribution in [1.82, 2.24) is 14.9 Å². The molecule has 1 heterocycles. The van der Waals surface area contributed by atoms with Crippen LogP contribution in [0.4, 0.5) is 0 Å². The number of amides is 2. The van der Waals surface area contributed by atoms with Gasteiger partial charge in [0.2, 0.25) is 28.6 Å². The van der Waals surface area contributed by atoms with Crippen molar-refractivity contribution in [3.05, 3.63) is 125 Å². The molecule has 238 valence electrons. The van der Waals surface area contributed by atoms with Crippen molar-refractivity contribution in [3.63, 3.8) is 0 Å². The van der Waals surface area contributed by atoms with Gasteiger partial charge in [-0.1, -0.05) is 78.9 Å². The molecular weight excluding hydrogens is 602 g/mol. The van der Waals surface area contributed by atoms with E-state index in [0.29, 0.717) is 24.3 Å². The molecule has 2 amide bonds. The first-order valence-electron chi connectivity index (χ1n) is 15.5. The van der Waals surface area contributed by atoms with Crippen LogP contribution in [0.25, 0.3) is 0 Å². The average molecular weight is 640 g/mol. The van der Waals surface area contributed by atoms with E-state index in [4.69, 9.17) is 9.47 Å². The minimum atomic E-state index is -3.56. The molecular formula is C36H37N3O6S. The number of benzene rings is 4. The molecule has 2 N–H and O–H groups in total. The van der Waals surface area contributed by atoms with E-state index < -0.39 is 16.1 Å². The lowest BCUT2D eigenvalue weighted by molar-refractivity contribution is -0.141. The molecule has 10 heteroatoms. The van der Waals surface area contributed by atoms with E-state index in [-0.39, 0.29) is 49.1 Å². The van der Waals surface area contributed by atoms with Crippen molar-refractivity contribution in [3.8, 4) is 11.5 Å². The van der Waals surface area contributed by atoms with Crippen molar-refractivity contribution < 1.29 is 27.5 Å². The summed E-state index contributed by atoms with van der Waals surface area (Å²) in [7, 11) is -3.56. The highest BCUT2D eigenvalue weighted by Gasteiger charge is 2.31. The molecule has 9 nitrogen and oxygen atoms in total. The van der Waals surface area contributed by atoms with Gasteiger partial charge in [-0.05, 0) is 65.8 Å². The molecule has 1 aliphatic carbocycles. The molecule has 0 aromatic heterocycles. The highest BCUT2D eigenvalue weighted by molar-refractivity contribution is 7.89. The lowest BCUT2D eigenvalue weighted by Gasteiger charge is -2.31. The maximum Gasteiger partial charge on any atom is 0.243 e. The fourth-order valence-corrected chi connectivity index (χ4v) is 6.72. The summed E-state index contributed by atoms with van der Waals surface area (Å²) in [5, 5.41) is 3.05. The number of nitrogens with zero attached hydrogens (tertiary/aromatic N) is 1. The van der Waals surface area contributed by atoms with E-state index in [9.17, 15) is 18.0 Å². The van der Waals surface area contributed by atoms with Crippen LogP contribution >= 0.6 is 0 Å². The van der Waals surface area contributed by atoms with E-state index >= 15 is 0 Å². The second-order valence-electron chi connectivity index (χ2n) is 11.7. The molecule has 0 radical (unpaired) electrons. The quantitative estimate of drug-likeness (QED) is 0.206. The molecule has 1 aliphatic heterocycles. The van der Waals surface area contributed by atoms with E-state index in [1.807, 2.05) is 78.9 Å². The molecule has 1 saturated carbocycles. The Balaban J connectivity index is 1.20. The van der Waals surface area contributed by atoms with E-state index in [0.717, 1.165) is 35.1 Å². The normalized spacial score (nSPS) is 14.4. The number of aryl methyl sites for hydroxylation is 1. The standard InChI is InChI=1S/C36H37N3O6S/c40-35(20-14-26-11-17-31(18-12-26)46(42,43)38-30-15-16-30)39(24-28-9-5-2-6-10-28)32(21-27-7-3-1-4-8-27)36(41)37-23-29-13-19-33-34(22-29)45-25-44-33/h1-13,17-19,22,30,32,38H,14-16,20-21,23-25H2,(H,37,41). The monoisotopic (exact) mass is 639 g/mol. The third-order valence-electron chi connectivity index (χ3n) is 8.13. The van der Waals surface area contributed by atoms with Crippen molar-refractivity contribution >= 4 is 21.8 Å². The molecule has 6 rings (SSSR count). The summed E-state index contributed by atoms with van der Waals surface area (Å²) in [4.78, 5) is 29.8. The third kappa shape index (κ3) is 8.13. The van der Waals surface area contributed by atoms with E-state index in [1.54, 1.807) is 29.2 Å². The number of sulfonamides is 1. The number of rotatable bonds is 14. The van der Waals surface area contributed by atoms with E-state index in [1.165, 1.54) is 0 Å². The van der Waals surface area contributed by atoms with Gasteiger partial charge in [-0.3, -0.25) is 9.59 Å². The smallest absolute Gasteiger partial charge is 0.243 e. The van der Waals surface area contributed by atoms with Gasteiger partial charge in [0.05, 0.1) is 4.90 Å². The molecule has 0 bridgehead atoms. The molecule has 2 aliphatic rings. The summed E-state index contributed by atoms with van der Waals surface area (Å²) in [6.45, 7) is 0.694. The van der Waals surface area contributed by atoms with Gasteiger partial charge in [-0.2, -0.15) is 0 Å². The van der Waals surface area contributed by atoms with Gasteiger partial charge in [0.15, 0.2) is 11.5 Å². The largest absolute Gasteiger partial charge is 0.454 e. The van der Waals surface area contributed by atoms with Crippen molar-refractivity contribution in [2.75, 3.05) is 6.79 Å². The Morgan fingerprint density at radius 2 is 1.43 bits per heavy atom. The second kappa shape index (κ2) is 14.2. The zero-order valence-electron chi connectivity index (χ0n) is 25.4. The Bertz CT molecular complexity index is 1760. The molecule has 0 saturated heterocycles. The number of carbonyl (C=O) groups is 2. The molecule has 1 unspecified atom stereocenters.